The number of carbonyl (C=O) groups is 2. The molecule has 1 aliphatic rings. The Hall–Kier alpha value is -3.45. The molecule has 1 unspecified atom stereocenters. The van der Waals surface area contributed by atoms with E-state index >= 15 is 0 Å². The number of carbonyl (C=O) groups excluding carboxylic acids is 2. The van der Waals surface area contributed by atoms with E-state index in [1.165, 1.54) is 6.42 Å². The normalized spacial score (nSPS) is 16.7. The molecule has 2 amide bonds. The summed E-state index contributed by atoms with van der Waals surface area (Å²) in [6.45, 7) is 2.35. The molecule has 4 aromatic rings. The molecule has 1 aromatic carbocycles. The average molecular weight is 515 g/mol. The molecule has 0 bridgehead atoms. The number of hydrogen-bond acceptors (Lipinski definition) is 4. The Morgan fingerprint density at radius 3 is 2.62 bits per heavy atom. The summed E-state index contributed by atoms with van der Waals surface area (Å²) < 4.78 is 0. The van der Waals surface area contributed by atoms with Gasteiger partial charge in [0.15, 0.2) is 0 Å². The maximum Gasteiger partial charge on any atom is 0.245 e. The van der Waals surface area contributed by atoms with Crippen LogP contribution in [0.3, 0.4) is 0 Å². The van der Waals surface area contributed by atoms with E-state index < -0.39 is 5.54 Å². The van der Waals surface area contributed by atoms with Crippen LogP contribution in [0.4, 0.5) is 0 Å². The zero-order valence-electron chi connectivity index (χ0n) is 21.3. The van der Waals surface area contributed by atoms with Crippen molar-refractivity contribution in [1.29, 1.82) is 0 Å². The van der Waals surface area contributed by atoms with E-state index in [1.54, 1.807) is 11.3 Å². The summed E-state index contributed by atoms with van der Waals surface area (Å²) in [6, 6.07) is 18.0. The molecule has 0 saturated heterocycles. The minimum absolute atomic E-state index is 0.156. The number of rotatable bonds is 9. The van der Waals surface area contributed by atoms with Crippen molar-refractivity contribution in [3.05, 3.63) is 88.5 Å². The first kappa shape index (κ1) is 25.2. The number of benzene rings is 1. The van der Waals surface area contributed by atoms with Crippen molar-refractivity contribution >= 4 is 34.1 Å². The van der Waals surface area contributed by atoms with Crippen molar-refractivity contribution in [2.24, 2.45) is 0 Å². The van der Waals surface area contributed by atoms with Crippen LogP contribution in [0, 0.1) is 0 Å². The molecule has 0 spiro atoms. The Bertz CT molecular complexity index is 1340. The van der Waals surface area contributed by atoms with Crippen LogP contribution >= 0.6 is 11.3 Å². The van der Waals surface area contributed by atoms with Crippen LogP contribution in [0.15, 0.2) is 72.4 Å². The van der Waals surface area contributed by atoms with E-state index in [9.17, 15) is 9.59 Å². The van der Waals surface area contributed by atoms with Gasteiger partial charge in [0.05, 0.1) is 6.42 Å². The van der Waals surface area contributed by atoms with E-state index in [0.29, 0.717) is 13.0 Å². The number of hydrogen-bond donors (Lipinski definition) is 3. The molecule has 37 heavy (non-hydrogen) atoms. The predicted octanol–water partition coefficient (Wildman–Crippen LogP) is 5.30. The lowest BCUT2D eigenvalue weighted by Crippen LogP contribution is -2.60. The van der Waals surface area contributed by atoms with Gasteiger partial charge < -0.3 is 15.6 Å². The highest BCUT2D eigenvalue weighted by molar-refractivity contribution is 7.10. The first-order valence-corrected chi connectivity index (χ1v) is 13.9. The highest BCUT2D eigenvalue weighted by atomic mass is 32.1. The van der Waals surface area contributed by atoms with Crippen molar-refractivity contribution in [2.45, 2.75) is 62.8 Å². The molecule has 3 aromatic heterocycles. The quantitative estimate of drug-likeness (QED) is 0.283. The summed E-state index contributed by atoms with van der Waals surface area (Å²) in [5.74, 6) is -0.324. The van der Waals surface area contributed by atoms with E-state index in [-0.39, 0.29) is 23.7 Å². The fourth-order valence-corrected chi connectivity index (χ4v) is 6.34. The summed E-state index contributed by atoms with van der Waals surface area (Å²) in [5.41, 5.74) is 1.76. The van der Waals surface area contributed by atoms with Gasteiger partial charge in [0.25, 0.3) is 0 Å². The number of para-hydroxylation sites is 1. The SMILES string of the molecule is CC(Cc1c[nH]c2ccccc12)(NC(=O)Cc1cccs1)C(=O)NCC1(c2ccccn2)CCCCC1. The summed E-state index contributed by atoms with van der Waals surface area (Å²) >= 11 is 1.55. The molecule has 0 aliphatic heterocycles. The third kappa shape index (κ3) is 5.62. The summed E-state index contributed by atoms with van der Waals surface area (Å²) in [6.07, 6.45) is 9.86. The van der Waals surface area contributed by atoms with Crippen molar-refractivity contribution in [3.8, 4) is 0 Å². The standard InChI is InChI=1S/C30H34N4O2S/c1-29(34-27(35)18-23-10-9-17-37-23,19-22-20-32-25-12-4-3-11-24(22)25)28(36)33-21-30(14-6-2-7-15-30)26-13-5-8-16-31-26/h3-5,8-13,16-17,20,32H,2,6-7,14-15,18-19,21H2,1H3,(H,33,36)(H,34,35). The predicted molar refractivity (Wildman–Crippen MR) is 149 cm³/mol. The topological polar surface area (TPSA) is 86.9 Å². The Balaban J connectivity index is 1.39. The summed E-state index contributed by atoms with van der Waals surface area (Å²) in [5, 5.41) is 9.38. The Morgan fingerprint density at radius 1 is 1.05 bits per heavy atom. The second-order valence-electron chi connectivity index (χ2n) is 10.4. The van der Waals surface area contributed by atoms with Gasteiger partial charge in [-0.25, -0.2) is 0 Å². The van der Waals surface area contributed by atoms with Crippen LogP contribution in [-0.4, -0.2) is 33.9 Å². The minimum Gasteiger partial charge on any atom is -0.361 e. The third-order valence-electron chi connectivity index (χ3n) is 7.66. The lowest BCUT2D eigenvalue weighted by molar-refractivity contribution is -0.133. The van der Waals surface area contributed by atoms with Crippen LogP contribution in [-0.2, 0) is 27.8 Å². The van der Waals surface area contributed by atoms with Crippen LogP contribution in [0.2, 0.25) is 0 Å². The highest BCUT2D eigenvalue weighted by Gasteiger charge is 2.40. The molecular formula is C30H34N4O2S. The average Bonchev–Trinajstić information content (AvgIpc) is 3.58. The lowest BCUT2D eigenvalue weighted by atomic mass is 9.71. The van der Waals surface area contributed by atoms with Crippen molar-refractivity contribution in [2.75, 3.05) is 6.54 Å². The van der Waals surface area contributed by atoms with Crippen LogP contribution < -0.4 is 10.6 Å². The number of H-pyrrole nitrogens is 1. The van der Waals surface area contributed by atoms with E-state index in [2.05, 4.69) is 26.7 Å². The van der Waals surface area contributed by atoms with Gasteiger partial charge in [-0.1, -0.05) is 49.6 Å². The van der Waals surface area contributed by atoms with Crippen LogP contribution in [0.5, 0.6) is 0 Å². The highest BCUT2D eigenvalue weighted by Crippen LogP contribution is 2.38. The molecular weight excluding hydrogens is 480 g/mol. The molecule has 7 heteroatoms. The molecule has 1 saturated carbocycles. The molecule has 6 nitrogen and oxygen atoms in total. The number of nitrogens with one attached hydrogen (secondary N) is 3. The molecule has 3 N–H and O–H groups in total. The van der Waals surface area contributed by atoms with Crippen molar-refractivity contribution in [1.82, 2.24) is 20.6 Å². The van der Waals surface area contributed by atoms with Crippen LogP contribution in [0.1, 0.15) is 55.2 Å². The second kappa shape index (κ2) is 10.9. The van der Waals surface area contributed by atoms with Gasteiger partial charge in [0, 0.05) is 52.2 Å². The van der Waals surface area contributed by atoms with Gasteiger partial charge in [-0.05, 0) is 55.0 Å². The maximum atomic E-state index is 13.9. The lowest BCUT2D eigenvalue weighted by Gasteiger charge is -2.38. The van der Waals surface area contributed by atoms with Gasteiger partial charge in [0.2, 0.25) is 11.8 Å². The molecule has 1 atom stereocenters. The number of amides is 2. The minimum atomic E-state index is -1.11. The van der Waals surface area contributed by atoms with Crippen molar-refractivity contribution in [3.63, 3.8) is 0 Å². The molecule has 1 aliphatic carbocycles. The van der Waals surface area contributed by atoms with Crippen molar-refractivity contribution < 1.29 is 9.59 Å². The van der Waals surface area contributed by atoms with Gasteiger partial charge in [-0.3, -0.25) is 14.6 Å². The number of thiophene rings is 1. The smallest absolute Gasteiger partial charge is 0.245 e. The molecule has 3 heterocycles. The molecule has 1 fully saturated rings. The zero-order chi connectivity index (χ0) is 25.7. The monoisotopic (exact) mass is 514 g/mol. The van der Waals surface area contributed by atoms with Gasteiger partial charge in [-0.2, -0.15) is 0 Å². The number of pyridine rings is 1. The number of aromatic amines is 1. The van der Waals surface area contributed by atoms with E-state index in [0.717, 1.165) is 52.7 Å². The first-order chi connectivity index (χ1) is 18.0. The Labute approximate surface area is 221 Å². The second-order valence-corrected chi connectivity index (χ2v) is 11.4. The van der Waals surface area contributed by atoms with Crippen LogP contribution in [0.25, 0.3) is 10.9 Å². The fraction of sp³-hybridized carbons (Fsp3) is 0.367. The molecule has 0 radical (unpaired) electrons. The third-order valence-corrected chi connectivity index (χ3v) is 8.53. The number of aromatic nitrogens is 2. The number of nitrogens with zero attached hydrogens (tertiary/aromatic N) is 1. The molecule has 192 valence electrons. The fourth-order valence-electron chi connectivity index (χ4n) is 5.64. The molecule has 5 rings (SSSR count). The Morgan fingerprint density at radius 2 is 1.86 bits per heavy atom. The summed E-state index contributed by atoms with van der Waals surface area (Å²) in [7, 11) is 0. The number of fused-ring (bicyclic) bond motifs is 1. The first-order valence-electron chi connectivity index (χ1n) is 13.1. The largest absolute Gasteiger partial charge is 0.361 e. The van der Waals surface area contributed by atoms with Gasteiger partial charge in [-0.15, -0.1) is 11.3 Å². The van der Waals surface area contributed by atoms with Gasteiger partial charge in [0.1, 0.15) is 5.54 Å². The Kier molecular flexibility index (Phi) is 7.42. The van der Waals surface area contributed by atoms with E-state index in [4.69, 9.17) is 0 Å². The zero-order valence-corrected chi connectivity index (χ0v) is 22.1. The van der Waals surface area contributed by atoms with E-state index in [1.807, 2.05) is 73.2 Å². The summed E-state index contributed by atoms with van der Waals surface area (Å²) in [4.78, 5) is 36.0. The van der Waals surface area contributed by atoms with Gasteiger partial charge >= 0.3 is 0 Å². The maximum absolute atomic E-state index is 13.9.